The molecule has 4 nitrogen and oxygen atoms in total. The molecule has 0 aliphatic heterocycles. The molecule has 1 fully saturated rings. The number of phenols is 2. The molecule has 0 aromatic heterocycles. The van der Waals surface area contributed by atoms with E-state index in [-0.39, 0.29) is 23.0 Å². The van der Waals surface area contributed by atoms with Gasteiger partial charge in [0, 0.05) is 11.4 Å². The summed E-state index contributed by atoms with van der Waals surface area (Å²) in [7, 11) is 0. The third-order valence-electron chi connectivity index (χ3n) is 3.25. The molecule has 1 aromatic rings. The second kappa shape index (κ2) is 5.61. The van der Waals surface area contributed by atoms with E-state index in [2.05, 4.69) is 21.2 Å². The Bertz CT molecular complexity index is 450. The van der Waals surface area contributed by atoms with E-state index in [1.165, 1.54) is 18.2 Å². The van der Waals surface area contributed by atoms with Crippen LogP contribution in [0, 0.1) is 5.92 Å². The predicted molar refractivity (Wildman–Crippen MR) is 72.2 cm³/mol. The Labute approximate surface area is 114 Å². The van der Waals surface area contributed by atoms with Gasteiger partial charge >= 0.3 is 0 Å². The van der Waals surface area contributed by atoms with E-state index in [1.807, 2.05) is 0 Å². The molecule has 0 bridgehead atoms. The molecular formula is C13H16BrNO3. The van der Waals surface area contributed by atoms with Crippen LogP contribution in [0.1, 0.15) is 29.6 Å². The van der Waals surface area contributed by atoms with Crippen molar-refractivity contribution in [3.8, 4) is 11.5 Å². The number of benzene rings is 1. The summed E-state index contributed by atoms with van der Waals surface area (Å²) in [6.07, 6.45) is 3.30. The Morgan fingerprint density at radius 1 is 1.39 bits per heavy atom. The highest BCUT2D eigenvalue weighted by molar-refractivity contribution is 9.09. The first-order valence-corrected chi connectivity index (χ1v) is 6.92. The molecule has 0 heterocycles. The summed E-state index contributed by atoms with van der Waals surface area (Å²) in [6, 6.07) is 3.93. The molecule has 0 spiro atoms. The van der Waals surface area contributed by atoms with Gasteiger partial charge < -0.3 is 15.5 Å². The number of carbonyl (C=O) groups excluding carboxylic acids is 1. The molecule has 0 saturated heterocycles. The van der Waals surface area contributed by atoms with Crippen LogP contribution < -0.4 is 5.32 Å². The molecule has 1 amide bonds. The fraction of sp³-hybridized carbons (Fsp3) is 0.462. The Kier molecular flexibility index (Phi) is 4.11. The Morgan fingerprint density at radius 3 is 2.83 bits per heavy atom. The number of carbonyl (C=O) groups is 1. The van der Waals surface area contributed by atoms with Crippen molar-refractivity contribution < 1.29 is 15.0 Å². The summed E-state index contributed by atoms with van der Waals surface area (Å²) in [4.78, 5) is 12.4. The zero-order valence-corrected chi connectivity index (χ0v) is 11.5. The number of aromatic hydroxyl groups is 2. The molecule has 2 rings (SSSR count). The quantitative estimate of drug-likeness (QED) is 0.593. The van der Waals surface area contributed by atoms with Gasteiger partial charge in [-0.05, 0) is 43.4 Å². The van der Waals surface area contributed by atoms with Crippen LogP contribution >= 0.6 is 15.9 Å². The lowest BCUT2D eigenvalue weighted by atomic mass is 10.1. The van der Waals surface area contributed by atoms with Crippen molar-refractivity contribution in [2.24, 2.45) is 5.92 Å². The van der Waals surface area contributed by atoms with Gasteiger partial charge in [0.1, 0.15) is 11.5 Å². The third-order valence-corrected chi connectivity index (χ3v) is 4.08. The van der Waals surface area contributed by atoms with Gasteiger partial charge in [0.2, 0.25) is 0 Å². The van der Waals surface area contributed by atoms with Gasteiger partial charge in [-0.3, -0.25) is 4.79 Å². The SMILES string of the molecule is O=C(NCC1CCC(Br)C1)c1cc(O)ccc1O. The van der Waals surface area contributed by atoms with Gasteiger partial charge in [0.15, 0.2) is 0 Å². The number of hydrogen-bond donors (Lipinski definition) is 3. The number of amides is 1. The van der Waals surface area contributed by atoms with E-state index in [1.54, 1.807) is 0 Å². The summed E-state index contributed by atoms with van der Waals surface area (Å²) in [5, 5.41) is 21.7. The highest BCUT2D eigenvalue weighted by atomic mass is 79.9. The Hall–Kier alpha value is -1.23. The first kappa shape index (κ1) is 13.2. The van der Waals surface area contributed by atoms with Crippen molar-refractivity contribution in [3.63, 3.8) is 0 Å². The monoisotopic (exact) mass is 313 g/mol. The van der Waals surface area contributed by atoms with E-state index in [0.29, 0.717) is 17.3 Å². The standard InChI is InChI=1S/C13H16BrNO3/c14-9-2-1-8(5-9)7-15-13(18)11-6-10(16)3-4-12(11)17/h3-4,6,8-9,16-17H,1-2,5,7H2,(H,15,18). The lowest BCUT2D eigenvalue weighted by molar-refractivity contribution is 0.0944. The highest BCUT2D eigenvalue weighted by Crippen LogP contribution is 2.30. The molecule has 1 aliphatic rings. The van der Waals surface area contributed by atoms with E-state index >= 15 is 0 Å². The molecule has 1 aromatic carbocycles. The van der Waals surface area contributed by atoms with Gasteiger partial charge in [-0.25, -0.2) is 0 Å². The largest absolute Gasteiger partial charge is 0.508 e. The van der Waals surface area contributed by atoms with Crippen LogP contribution in [-0.2, 0) is 0 Å². The molecule has 18 heavy (non-hydrogen) atoms. The first-order chi connectivity index (χ1) is 8.56. The number of phenolic OH excluding ortho intramolecular Hbond substituents is 2. The van der Waals surface area contributed by atoms with Crippen molar-refractivity contribution in [2.45, 2.75) is 24.1 Å². The topological polar surface area (TPSA) is 69.6 Å². The summed E-state index contributed by atoms with van der Waals surface area (Å²) in [6.45, 7) is 0.607. The zero-order valence-electron chi connectivity index (χ0n) is 9.90. The average molecular weight is 314 g/mol. The molecule has 0 radical (unpaired) electrons. The van der Waals surface area contributed by atoms with Gasteiger partial charge in [-0.2, -0.15) is 0 Å². The fourth-order valence-electron chi connectivity index (χ4n) is 2.24. The molecule has 1 aliphatic carbocycles. The molecule has 5 heteroatoms. The van der Waals surface area contributed by atoms with Crippen LogP contribution in [0.25, 0.3) is 0 Å². The first-order valence-electron chi connectivity index (χ1n) is 6.00. The average Bonchev–Trinajstić information content (AvgIpc) is 2.75. The Morgan fingerprint density at radius 2 is 2.17 bits per heavy atom. The number of alkyl halides is 1. The summed E-state index contributed by atoms with van der Waals surface area (Å²) < 4.78 is 0. The zero-order chi connectivity index (χ0) is 13.1. The summed E-state index contributed by atoms with van der Waals surface area (Å²) in [5.41, 5.74) is 0.114. The summed E-state index contributed by atoms with van der Waals surface area (Å²) >= 11 is 3.57. The third kappa shape index (κ3) is 3.16. The predicted octanol–water partition coefficient (Wildman–Crippen LogP) is 2.39. The molecule has 1 saturated carbocycles. The van der Waals surface area contributed by atoms with Crippen molar-refractivity contribution >= 4 is 21.8 Å². The van der Waals surface area contributed by atoms with Crippen molar-refractivity contribution in [1.82, 2.24) is 5.32 Å². The van der Waals surface area contributed by atoms with Crippen LogP contribution in [0.4, 0.5) is 0 Å². The Balaban J connectivity index is 1.93. The maximum atomic E-state index is 11.9. The minimum Gasteiger partial charge on any atom is -0.508 e. The molecule has 98 valence electrons. The van der Waals surface area contributed by atoms with E-state index in [0.717, 1.165) is 19.3 Å². The van der Waals surface area contributed by atoms with Crippen LogP contribution in [0.2, 0.25) is 0 Å². The van der Waals surface area contributed by atoms with E-state index in [9.17, 15) is 15.0 Å². The van der Waals surface area contributed by atoms with E-state index in [4.69, 9.17) is 0 Å². The van der Waals surface area contributed by atoms with Crippen molar-refractivity contribution in [2.75, 3.05) is 6.54 Å². The fourth-order valence-corrected chi connectivity index (χ4v) is 3.03. The number of hydrogen-bond acceptors (Lipinski definition) is 3. The number of nitrogens with one attached hydrogen (secondary N) is 1. The normalized spacial score (nSPS) is 22.9. The van der Waals surface area contributed by atoms with Crippen LogP contribution in [0.3, 0.4) is 0 Å². The molecule has 3 N–H and O–H groups in total. The van der Waals surface area contributed by atoms with Crippen molar-refractivity contribution in [1.29, 1.82) is 0 Å². The van der Waals surface area contributed by atoms with Gasteiger partial charge in [0.05, 0.1) is 5.56 Å². The maximum Gasteiger partial charge on any atom is 0.255 e. The summed E-state index contributed by atoms with van der Waals surface area (Å²) in [5.74, 6) is -0.00590. The highest BCUT2D eigenvalue weighted by Gasteiger charge is 2.23. The smallest absolute Gasteiger partial charge is 0.255 e. The van der Waals surface area contributed by atoms with Gasteiger partial charge in [-0.15, -0.1) is 0 Å². The van der Waals surface area contributed by atoms with Gasteiger partial charge in [0.25, 0.3) is 5.91 Å². The maximum absolute atomic E-state index is 11.9. The van der Waals surface area contributed by atoms with Gasteiger partial charge in [-0.1, -0.05) is 15.9 Å². The number of halogens is 1. The minimum absolute atomic E-state index is 0.0284. The second-order valence-corrected chi connectivity index (χ2v) is 5.98. The second-order valence-electron chi connectivity index (χ2n) is 4.69. The van der Waals surface area contributed by atoms with Crippen LogP contribution in [0.15, 0.2) is 18.2 Å². The van der Waals surface area contributed by atoms with Crippen molar-refractivity contribution in [3.05, 3.63) is 23.8 Å². The molecule has 2 atom stereocenters. The van der Waals surface area contributed by atoms with Crippen LogP contribution in [-0.4, -0.2) is 27.5 Å². The molecular weight excluding hydrogens is 298 g/mol. The minimum atomic E-state index is -0.346. The number of rotatable bonds is 3. The van der Waals surface area contributed by atoms with Crippen LogP contribution in [0.5, 0.6) is 11.5 Å². The van der Waals surface area contributed by atoms with E-state index < -0.39 is 0 Å². The molecule has 2 unspecified atom stereocenters. The lowest BCUT2D eigenvalue weighted by Crippen LogP contribution is -2.28. The lowest BCUT2D eigenvalue weighted by Gasteiger charge is -2.11.